The summed E-state index contributed by atoms with van der Waals surface area (Å²) in [4.78, 5) is 26.7. The van der Waals surface area contributed by atoms with Gasteiger partial charge in [-0.05, 0) is 55.3 Å². The van der Waals surface area contributed by atoms with Crippen LogP contribution in [0.3, 0.4) is 0 Å². The SMILES string of the molecule is C=CCN1C(=O)C(=O)/C(=C(\O)c2ccc(OCC)c(C)c2)C1c1ccc(F)cc1. The fourth-order valence-corrected chi connectivity index (χ4v) is 3.47. The molecule has 2 aromatic rings. The molecule has 150 valence electrons. The molecular weight excluding hydrogens is 373 g/mol. The van der Waals surface area contributed by atoms with Gasteiger partial charge < -0.3 is 14.7 Å². The zero-order valence-electron chi connectivity index (χ0n) is 16.3. The van der Waals surface area contributed by atoms with Crippen molar-refractivity contribution in [3.63, 3.8) is 0 Å². The Bertz CT molecular complexity index is 994. The Labute approximate surface area is 168 Å². The minimum atomic E-state index is -0.833. The molecule has 2 aromatic carbocycles. The van der Waals surface area contributed by atoms with E-state index in [9.17, 15) is 19.1 Å². The maximum absolute atomic E-state index is 13.4. The molecule has 0 saturated carbocycles. The molecule has 1 saturated heterocycles. The number of nitrogens with zero attached hydrogens (tertiary/aromatic N) is 1. The van der Waals surface area contributed by atoms with Gasteiger partial charge in [-0.25, -0.2) is 4.39 Å². The first-order chi connectivity index (χ1) is 13.9. The number of ether oxygens (including phenoxy) is 1. The molecule has 1 atom stereocenters. The summed E-state index contributed by atoms with van der Waals surface area (Å²) in [5.74, 6) is -1.56. The minimum absolute atomic E-state index is 0.0352. The Kier molecular flexibility index (Phi) is 5.82. The van der Waals surface area contributed by atoms with Gasteiger partial charge in [0.05, 0.1) is 18.2 Å². The standard InChI is InChI=1S/C23H22FNO4/c1-4-12-25-20(15-6-9-17(24)10-7-15)19(22(27)23(25)28)21(26)16-8-11-18(29-5-2)14(3)13-16/h4,6-11,13,20,26H,1,5,12H2,2-3H3/b21-19-. The van der Waals surface area contributed by atoms with E-state index in [1.165, 1.54) is 35.2 Å². The van der Waals surface area contributed by atoms with Gasteiger partial charge in [0.2, 0.25) is 0 Å². The number of ketones is 1. The van der Waals surface area contributed by atoms with Crippen molar-refractivity contribution in [2.75, 3.05) is 13.2 Å². The van der Waals surface area contributed by atoms with Crippen LogP contribution in [0.15, 0.2) is 60.7 Å². The van der Waals surface area contributed by atoms with Crippen molar-refractivity contribution >= 4 is 17.4 Å². The van der Waals surface area contributed by atoms with Gasteiger partial charge in [0.1, 0.15) is 17.3 Å². The van der Waals surface area contributed by atoms with Gasteiger partial charge in [0, 0.05) is 12.1 Å². The van der Waals surface area contributed by atoms with E-state index in [0.717, 1.165) is 5.56 Å². The summed E-state index contributed by atoms with van der Waals surface area (Å²) in [6, 6.07) is 9.71. The first kappa shape index (κ1) is 20.3. The number of aliphatic hydroxyl groups is 1. The Morgan fingerprint density at radius 2 is 1.93 bits per heavy atom. The van der Waals surface area contributed by atoms with Crippen molar-refractivity contribution in [3.05, 3.63) is 83.2 Å². The van der Waals surface area contributed by atoms with Crippen LogP contribution in [0.1, 0.15) is 29.7 Å². The third kappa shape index (κ3) is 3.78. The van der Waals surface area contributed by atoms with Gasteiger partial charge in [0.25, 0.3) is 11.7 Å². The molecule has 1 N–H and O–H groups in total. The summed E-state index contributed by atoms with van der Waals surface area (Å²) >= 11 is 0. The first-order valence-corrected chi connectivity index (χ1v) is 9.27. The molecule has 3 rings (SSSR count). The average molecular weight is 395 g/mol. The van der Waals surface area contributed by atoms with Crippen molar-refractivity contribution in [1.82, 2.24) is 4.90 Å². The highest BCUT2D eigenvalue weighted by Gasteiger charge is 2.45. The van der Waals surface area contributed by atoms with E-state index < -0.39 is 23.5 Å². The lowest BCUT2D eigenvalue weighted by Gasteiger charge is -2.24. The smallest absolute Gasteiger partial charge is 0.295 e. The van der Waals surface area contributed by atoms with E-state index in [2.05, 4.69) is 6.58 Å². The number of halogens is 1. The highest BCUT2D eigenvalue weighted by atomic mass is 19.1. The number of benzene rings is 2. The van der Waals surface area contributed by atoms with Gasteiger partial charge in [0.15, 0.2) is 0 Å². The monoisotopic (exact) mass is 395 g/mol. The zero-order chi connectivity index (χ0) is 21.1. The Morgan fingerprint density at radius 1 is 1.24 bits per heavy atom. The van der Waals surface area contributed by atoms with Crippen LogP contribution in [0.25, 0.3) is 5.76 Å². The molecule has 1 fully saturated rings. The van der Waals surface area contributed by atoms with Gasteiger partial charge in [-0.15, -0.1) is 6.58 Å². The van der Waals surface area contributed by atoms with Crippen molar-refractivity contribution in [2.24, 2.45) is 0 Å². The van der Waals surface area contributed by atoms with E-state index in [0.29, 0.717) is 23.5 Å². The molecule has 0 bridgehead atoms. The van der Waals surface area contributed by atoms with Gasteiger partial charge in [-0.2, -0.15) is 0 Å². The quantitative estimate of drug-likeness (QED) is 0.346. The largest absolute Gasteiger partial charge is 0.507 e. The highest BCUT2D eigenvalue weighted by Crippen LogP contribution is 2.39. The van der Waals surface area contributed by atoms with E-state index in [-0.39, 0.29) is 17.9 Å². The lowest BCUT2D eigenvalue weighted by Crippen LogP contribution is -2.29. The maximum atomic E-state index is 13.4. The Balaban J connectivity index is 2.15. The van der Waals surface area contributed by atoms with Crippen molar-refractivity contribution in [1.29, 1.82) is 0 Å². The second kappa shape index (κ2) is 8.31. The number of hydrogen-bond acceptors (Lipinski definition) is 4. The van der Waals surface area contributed by atoms with Crippen LogP contribution in [0.2, 0.25) is 0 Å². The number of carbonyl (C=O) groups is 2. The molecule has 6 heteroatoms. The predicted molar refractivity (Wildman–Crippen MR) is 108 cm³/mol. The van der Waals surface area contributed by atoms with Crippen LogP contribution in [-0.4, -0.2) is 34.8 Å². The number of likely N-dealkylation sites (tertiary alicyclic amines) is 1. The fraction of sp³-hybridized carbons (Fsp3) is 0.217. The summed E-state index contributed by atoms with van der Waals surface area (Å²) < 4.78 is 18.9. The van der Waals surface area contributed by atoms with Crippen LogP contribution in [0.4, 0.5) is 4.39 Å². The molecule has 5 nitrogen and oxygen atoms in total. The van der Waals surface area contributed by atoms with Crippen LogP contribution in [0, 0.1) is 12.7 Å². The van der Waals surface area contributed by atoms with Crippen LogP contribution in [0.5, 0.6) is 5.75 Å². The summed E-state index contributed by atoms with van der Waals surface area (Å²) in [6.07, 6.45) is 1.50. The molecular formula is C23H22FNO4. The van der Waals surface area contributed by atoms with Crippen molar-refractivity contribution in [3.8, 4) is 5.75 Å². The number of carbonyl (C=O) groups excluding carboxylic acids is 2. The number of aryl methyl sites for hydroxylation is 1. The van der Waals surface area contributed by atoms with E-state index in [1.54, 1.807) is 18.2 Å². The summed E-state index contributed by atoms with van der Waals surface area (Å²) in [6.45, 7) is 7.96. The second-order valence-corrected chi connectivity index (χ2v) is 6.70. The Morgan fingerprint density at radius 3 is 2.52 bits per heavy atom. The molecule has 29 heavy (non-hydrogen) atoms. The van der Waals surface area contributed by atoms with E-state index in [1.807, 2.05) is 13.8 Å². The topological polar surface area (TPSA) is 66.8 Å². The number of rotatable bonds is 6. The minimum Gasteiger partial charge on any atom is -0.507 e. The molecule has 1 aliphatic heterocycles. The van der Waals surface area contributed by atoms with E-state index in [4.69, 9.17) is 4.74 Å². The van der Waals surface area contributed by atoms with Crippen molar-refractivity contribution in [2.45, 2.75) is 19.9 Å². The summed E-state index contributed by atoms with van der Waals surface area (Å²) in [7, 11) is 0. The molecule has 1 unspecified atom stereocenters. The fourth-order valence-electron chi connectivity index (χ4n) is 3.47. The van der Waals surface area contributed by atoms with Crippen LogP contribution < -0.4 is 4.74 Å². The third-order valence-corrected chi connectivity index (χ3v) is 4.80. The molecule has 1 heterocycles. The van der Waals surface area contributed by atoms with Crippen LogP contribution in [-0.2, 0) is 9.59 Å². The third-order valence-electron chi connectivity index (χ3n) is 4.80. The molecule has 0 spiro atoms. The normalized spacial score (nSPS) is 18.2. The predicted octanol–water partition coefficient (Wildman–Crippen LogP) is 4.14. The lowest BCUT2D eigenvalue weighted by molar-refractivity contribution is -0.139. The number of amides is 1. The number of Topliss-reactive ketones (excluding diaryl/α,β-unsaturated/α-hetero) is 1. The van der Waals surface area contributed by atoms with Crippen LogP contribution >= 0.6 is 0 Å². The molecule has 1 aliphatic rings. The number of aliphatic hydroxyl groups excluding tert-OH is 1. The average Bonchev–Trinajstić information content (AvgIpc) is 2.95. The lowest BCUT2D eigenvalue weighted by atomic mass is 9.94. The summed E-state index contributed by atoms with van der Waals surface area (Å²) in [5, 5.41) is 11.0. The van der Waals surface area contributed by atoms with Gasteiger partial charge in [-0.1, -0.05) is 18.2 Å². The summed E-state index contributed by atoms with van der Waals surface area (Å²) in [5.41, 5.74) is 1.67. The Hall–Kier alpha value is -3.41. The molecule has 0 aromatic heterocycles. The van der Waals surface area contributed by atoms with Gasteiger partial charge >= 0.3 is 0 Å². The maximum Gasteiger partial charge on any atom is 0.295 e. The van der Waals surface area contributed by atoms with Gasteiger partial charge in [-0.3, -0.25) is 9.59 Å². The second-order valence-electron chi connectivity index (χ2n) is 6.70. The van der Waals surface area contributed by atoms with E-state index >= 15 is 0 Å². The molecule has 0 aliphatic carbocycles. The highest BCUT2D eigenvalue weighted by molar-refractivity contribution is 6.46. The molecule has 1 amide bonds. The zero-order valence-corrected chi connectivity index (χ0v) is 16.3. The number of hydrogen-bond donors (Lipinski definition) is 1. The first-order valence-electron chi connectivity index (χ1n) is 9.27. The molecule has 0 radical (unpaired) electrons. The van der Waals surface area contributed by atoms with Crippen molar-refractivity contribution < 1.29 is 23.8 Å².